The Morgan fingerprint density at radius 1 is 1.03 bits per heavy atom. The molecule has 0 bridgehead atoms. The number of para-hydroxylation sites is 1. The highest BCUT2D eigenvalue weighted by Gasteiger charge is 2.21. The van der Waals surface area contributed by atoms with E-state index in [2.05, 4.69) is 22.3 Å². The zero-order valence-corrected chi connectivity index (χ0v) is 18.9. The maximum Gasteiger partial charge on any atom is 0.220 e. The molecule has 1 N–H and O–H groups in total. The van der Waals surface area contributed by atoms with Crippen molar-refractivity contribution in [3.8, 4) is 17.2 Å². The number of rotatable bonds is 10. The van der Waals surface area contributed by atoms with E-state index in [1.807, 2.05) is 30.3 Å². The summed E-state index contributed by atoms with van der Waals surface area (Å²) in [7, 11) is 4.97. The summed E-state index contributed by atoms with van der Waals surface area (Å²) >= 11 is 0. The fraction of sp³-hybridized carbons (Fsp3) is 0.480. The van der Waals surface area contributed by atoms with Gasteiger partial charge in [-0.1, -0.05) is 18.2 Å². The number of carbonyl (C=O) groups is 1. The summed E-state index contributed by atoms with van der Waals surface area (Å²) in [5, 5.41) is 3.03. The van der Waals surface area contributed by atoms with Crippen LogP contribution in [0.3, 0.4) is 0 Å². The van der Waals surface area contributed by atoms with Crippen molar-refractivity contribution < 1.29 is 19.0 Å². The number of nitrogens with one attached hydrogen (secondary N) is 1. The summed E-state index contributed by atoms with van der Waals surface area (Å²) in [6.45, 7) is 3.47. The molecule has 6 heteroatoms. The van der Waals surface area contributed by atoms with E-state index >= 15 is 0 Å². The van der Waals surface area contributed by atoms with E-state index in [0.717, 1.165) is 48.9 Å². The van der Waals surface area contributed by atoms with Crippen LogP contribution in [-0.2, 0) is 17.9 Å². The van der Waals surface area contributed by atoms with Crippen LogP contribution in [0.5, 0.6) is 17.2 Å². The first-order chi connectivity index (χ1) is 15.1. The van der Waals surface area contributed by atoms with Gasteiger partial charge in [0.05, 0.1) is 21.3 Å². The zero-order valence-electron chi connectivity index (χ0n) is 18.9. The van der Waals surface area contributed by atoms with Gasteiger partial charge in [-0.25, -0.2) is 0 Å². The Kier molecular flexibility index (Phi) is 8.59. The van der Waals surface area contributed by atoms with Crippen molar-refractivity contribution in [3.63, 3.8) is 0 Å². The third-order valence-corrected chi connectivity index (χ3v) is 5.94. The fourth-order valence-electron chi connectivity index (χ4n) is 4.22. The van der Waals surface area contributed by atoms with Gasteiger partial charge in [-0.15, -0.1) is 0 Å². The largest absolute Gasteiger partial charge is 0.497 e. The molecule has 1 aliphatic heterocycles. The van der Waals surface area contributed by atoms with Gasteiger partial charge in [-0.05, 0) is 49.9 Å². The predicted molar refractivity (Wildman–Crippen MR) is 122 cm³/mol. The average molecular weight is 427 g/mol. The number of methoxy groups -OCH3 is 3. The Balaban J connectivity index is 1.45. The highest BCUT2D eigenvalue weighted by Crippen LogP contribution is 2.26. The second-order valence-corrected chi connectivity index (χ2v) is 8.05. The van der Waals surface area contributed by atoms with Crippen LogP contribution in [0.15, 0.2) is 42.5 Å². The lowest BCUT2D eigenvalue weighted by Gasteiger charge is -2.33. The molecule has 31 heavy (non-hydrogen) atoms. The first-order valence-corrected chi connectivity index (χ1v) is 10.9. The van der Waals surface area contributed by atoms with E-state index in [1.165, 1.54) is 18.4 Å². The molecule has 1 amide bonds. The highest BCUT2D eigenvalue weighted by atomic mass is 16.5. The number of ether oxygens (including phenoxy) is 3. The molecule has 0 radical (unpaired) electrons. The Morgan fingerprint density at radius 2 is 1.84 bits per heavy atom. The molecular formula is C25H34N2O4. The first kappa shape index (κ1) is 22.9. The number of nitrogens with zero attached hydrogens (tertiary/aromatic N) is 1. The van der Waals surface area contributed by atoms with Crippen molar-refractivity contribution in [1.29, 1.82) is 0 Å². The molecule has 0 aromatic heterocycles. The van der Waals surface area contributed by atoms with Gasteiger partial charge in [0.25, 0.3) is 0 Å². The van der Waals surface area contributed by atoms with Crippen LogP contribution in [0.2, 0.25) is 0 Å². The van der Waals surface area contributed by atoms with Gasteiger partial charge in [-0.2, -0.15) is 0 Å². The summed E-state index contributed by atoms with van der Waals surface area (Å²) < 4.78 is 16.1. The minimum atomic E-state index is 0.0831. The molecule has 0 saturated carbocycles. The number of piperidine rings is 1. The molecule has 2 aromatic carbocycles. The lowest BCUT2D eigenvalue weighted by atomic mass is 9.93. The highest BCUT2D eigenvalue weighted by molar-refractivity contribution is 5.75. The lowest BCUT2D eigenvalue weighted by Crippen LogP contribution is -2.35. The summed E-state index contributed by atoms with van der Waals surface area (Å²) in [6.07, 6.45) is 3.81. The van der Waals surface area contributed by atoms with Gasteiger partial charge in [0.1, 0.15) is 17.2 Å². The molecule has 0 unspecified atom stereocenters. The number of benzene rings is 2. The number of likely N-dealkylation sites (tertiary alicyclic amines) is 1. The third-order valence-electron chi connectivity index (χ3n) is 5.94. The van der Waals surface area contributed by atoms with E-state index in [0.29, 0.717) is 18.9 Å². The van der Waals surface area contributed by atoms with Crippen LogP contribution in [0.4, 0.5) is 0 Å². The maximum absolute atomic E-state index is 12.4. The molecule has 0 aliphatic carbocycles. The topological polar surface area (TPSA) is 60.0 Å². The van der Waals surface area contributed by atoms with Gasteiger partial charge in [-0.3, -0.25) is 9.69 Å². The van der Waals surface area contributed by atoms with Crippen molar-refractivity contribution >= 4 is 5.91 Å². The average Bonchev–Trinajstić information content (AvgIpc) is 2.81. The van der Waals surface area contributed by atoms with Crippen molar-refractivity contribution in [3.05, 3.63) is 53.6 Å². The second-order valence-electron chi connectivity index (χ2n) is 8.05. The molecule has 1 atom stereocenters. The predicted octanol–water partition coefficient (Wildman–Crippen LogP) is 4.02. The second kappa shape index (κ2) is 11.6. The maximum atomic E-state index is 12.4. The molecule has 1 fully saturated rings. The zero-order chi connectivity index (χ0) is 22.1. The van der Waals surface area contributed by atoms with E-state index in [-0.39, 0.29) is 5.91 Å². The van der Waals surface area contributed by atoms with Crippen molar-refractivity contribution in [2.45, 2.75) is 38.8 Å². The Bertz CT molecular complexity index is 855. The Morgan fingerprint density at radius 3 is 2.61 bits per heavy atom. The Hall–Kier alpha value is -2.73. The number of carbonyl (C=O) groups excluding carboxylic acids is 1. The first-order valence-electron chi connectivity index (χ1n) is 10.9. The van der Waals surface area contributed by atoms with Crippen LogP contribution in [-0.4, -0.2) is 45.2 Å². The SMILES string of the molecule is COc1ccc(CNC(=O)CC[C@H]2CCCN(Cc3ccccc3OC)C2)c(OC)c1. The standard InChI is InChI=1S/C25H34N2O4/c1-29-22-12-11-20(24(15-22)31-3)16-26-25(28)13-10-19-7-6-14-27(17-19)18-21-8-4-5-9-23(21)30-2/h4-5,8-9,11-12,15,19H,6-7,10,13-14,16-18H2,1-3H3,(H,26,28)/t19-/m1/s1. The molecule has 2 aromatic rings. The van der Waals surface area contributed by atoms with Gasteiger partial charge >= 0.3 is 0 Å². The van der Waals surface area contributed by atoms with Gasteiger partial charge in [0.15, 0.2) is 0 Å². The van der Waals surface area contributed by atoms with Gasteiger partial charge < -0.3 is 19.5 Å². The Labute approximate surface area is 185 Å². The minimum Gasteiger partial charge on any atom is -0.497 e. The molecular weight excluding hydrogens is 392 g/mol. The van der Waals surface area contributed by atoms with E-state index in [4.69, 9.17) is 14.2 Å². The number of amides is 1. The lowest BCUT2D eigenvalue weighted by molar-refractivity contribution is -0.121. The number of hydrogen-bond acceptors (Lipinski definition) is 5. The van der Waals surface area contributed by atoms with E-state index in [1.54, 1.807) is 21.3 Å². The molecule has 168 valence electrons. The van der Waals surface area contributed by atoms with Crippen LogP contribution in [0.25, 0.3) is 0 Å². The summed E-state index contributed by atoms with van der Waals surface area (Å²) in [5.41, 5.74) is 2.16. The smallest absolute Gasteiger partial charge is 0.220 e. The normalized spacial score (nSPS) is 16.5. The van der Waals surface area contributed by atoms with Crippen molar-refractivity contribution in [1.82, 2.24) is 10.2 Å². The molecule has 0 spiro atoms. The summed E-state index contributed by atoms with van der Waals surface area (Å²) in [5.74, 6) is 3.03. The molecule has 1 aliphatic rings. The molecule has 1 saturated heterocycles. The molecule has 6 nitrogen and oxygen atoms in total. The van der Waals surface area contributed by atoms with Crippen LogP contribution >= 0.6 is 0 Å². The fourth-order valence-corrected chi connectivity index (χ4v) is 4.22. The number of hydrogen-bond donors (Lipinski definition) is 1. The van der Waals surface area contributed by atoms with Crippen LogP contribution in [0, 0.1) is 5.92 Å². The molecule has 1 heterocycles. The quantitative estimate of drug-likeness (QED) is 0.622. The minimum absolute atomic E-state index is 0.0831. The van der Waals surface area contributed by atoms with Crippen LogP contribution < -0.4 is 19.5 Å². The van der Waals surface area contributed by atoms with Gasteiger partial charge in [0.2, 0.25) is 5.91 Å². The monoisotopic (exact) mass is 426 g/mol. The van der Waals surface area contributed by atoms with Crippen molar-refractivity contribution in [2.24, 2.45) is 5.92 Å². The summed E-state index contributed by atoms with van der Waals surface area (Å²) in [6, 6.07) is 13.8. The van der Waals surface area contributed by atoms with Gasteiger partial charge in [0, 0.05) is 43.2 Å². The van der Waals surface area contributed by atoms with E-state index in [9.17, 15) is 4.79 Å². The van der Waals surface area contributed by atoms with Crippen LogP contribution in [0.1, 0.15) is 36.8 Å². The summed E-state index contributed by atoms with van der Waals surface area (Å²) in [4.78, 5) is 14.9. The third kappa shape index (κ3) is 6.62. The van der Waals surface area contributed by atoms with Crippen molar-refractivity contribution in [2.75, 3.05) is 34.4 Å². The van der Waals surface area contributed by atoms with E-state index < -0.39 is 0 Å². The molecule has 3 rings (SSSR count).